The molecule has 10 rings (SSSR count). The number of nitrogens with two attached hydrogens (primary N) is 2. The van der Waals surface area contributed by atoms with Crippen LogP contribution in [0.25, 0.3) is 36.5 Å². The summed E-state index contributed by atoms with van der Waals surface area (Å²) in [4.78, 5) is 43.5. The molecule has 9 heteroatoms. The standard InChI is InChI=1S/C15H18O2.C14H16O2.C13H14O2.2C12H15N.C10H10O/c1-3-17-15(16)14-10-13(14)11(2)9-12-7-5-4-6-8-12;1-3-16-14(15)10-9-12(2)11-13-7-5-4-6-8-13;1-9(11-8-12(11)13(14)15)7-10-5-3-2-4-6-10;2*1-9(11-8-12(11)13)7-10-5-3-2-4-6-10;1-9(8-11)7-10-5-3-2-4-6-10/h4-9,13-14H,3,10H2,1-2H3;4-11H,3H2,1-2H3;2-7,11-12H,8H2,1H3,(H,14,15);2*2-7,11-12H,8,13H2,1H3;2-8H,1H3/b11-9+;10-9+,12-11+;4*9-7+. The molecule has 9 nitrogen and oxygen atoms in total. The first-order chi connectivity index (χ1) is 41.0. The van der Waals surface area contributed by atoms with Gasteiger partial charge in [-0.15, -0.1) is 0 Å². The molecule has 0 heterocycles. The van der Waals surface area contributed by atoms with E-state index in [-0.39, 0.29) is 29.7 Å². The molecule has 4 aliphatic carbocycles. The number of hydrogen-bond acceptors (Lipinski definition) is 8. The Kier molecular flexibility index (Phi) is 28.7. The topological polar surface area (TPSA) is 159 Å². The maximum atomic E-state index is 11.5. The Morgan fingerprint density at radius 3 is 0.965 bits per heavy atom. The highest BCUT2D eigenvalue weighted by atomic mass is 16.5. The summed E-state index contributed by atoms with van der Waals surface area (Å²) in [5.74, 6) is 0.847. The fraction of sp³-hybridized carbons (Fsp3) is 0.289. The quantitative estimate of drug-likeness (QED) is 0.0350. The minimum Gasteiger partial charge on any atom is -0.481 e. The van der Waals surface area contributed by atoms with E-state index in [1.165, 1.54) is 45.1 Å². The van der Waals surface area contributed by atoms with Crippen LogP contribution in [0.5, 0.6) is 0 Å². The third-order valence-corrected chi connectivity index (χ3v) is 14.6. The van der Waals surface area contributed by atoms with Gasteiger partial charge in [0.2, 0.25) is 0 Å². The van der Waals surface area contributed by atoms with Gasteiger partial charge in [0.05, 0.1) is 25.0 Å². The van der Waals surface area contributed by atoms with Crippen LogP contribution in [0, 0.1) is 35.5 Å². The van der Waals surface area contributed by atoms with Gasteiger partial charge in [0.25, 0.3) is 0 Å². The monoisotopic (exact) mass is 1140 g/mol. The molecule has 0 aliphatic heterocycles. The number of carbonyl (C=O) groups excluding carboxylic acids is 3. The number of aliphatic carboxylic acids is 1. The summed E-state index contributed by atoms with van der Waals surface area (Å²) in [5, 5.41) is 8.81. The van der Waals surface area contributed by atoms with E-state index in [4.69, 9.17) is 26.0 Å². The van der Waals surface area contributed by atoms with Crippen molar-refractivity contribution < 1.29 is 33.8 Å². The highest BCUT2D eigenvalue weighted by molar-refractivity contribution is 5.83. The number of hydrogen-bond donors (Lipinski definition) is 3. The van der Waals surface area contributed by atoms with E-state index in [0.29, 0.717) is 43.1 Å². The zero-order valence-electron chi connectivity index (χ0n) is 50.9. The molecule has 4 saturated carbocycles. The number of allylic oxidation sites excluding steroid dienone is 5. The number of carboxylic acids is 1. The number of rotatable bonds is 17. The summed E-state index contributed by atoms with van der Waals surface area (Å²) < 4.78 is 9.82. The lowest BCUT2D eigenvalue weighted by Gasteiger charge is -2.02. The van der Waals surface area contributed by atoms with Crippen molar-refractivity contribution in [3.8, 4) is 0 Å². The van der Waals surface area contributed by atoms with E-state index in [9.17, 15) is 19.2 Å². The smallest absolute Gasteiger partial charge is 0.330 e. The highest BCUT2D eigenvalue weighted by Gasteiger charge is 2.45. The van der Waals surface area contributed by atoms with Gasteiger partial charge in [0.1, 0.15) is 6.29 Å². The molecule has 5 N–H and O–H groups in total. The van der Waals surface area contributed by atoms with Crippen molar-refractivity contribution in [1.82, 2.24) is 0 Å². The predicted molar refractivity (Wildman–Crippen MR) is 352 cm³/mol. The number of esters is 2. The molecule has 6 aromatic rings. The summed E-state index contributed by atoms with van der Waals surface area (Å²) in [7, 11) is 0. The summed E-state index contributed by atoms with van der Waals surface area (Å²) in [5.41, 5.74) is 25.7. The first-order valence-electron chi connectivity index (χ1n) is 29.6. The van der Waals surface area contributed by atoms with Crippen LogP contribution in [0.4, 0.5) is 0 Å². The van der Waals surface area contributed by atoms with Crippen LogP contribution in [0.1, 0.15) is 114 Å². The molecule has 0 amide bonds. The van der Waals surface area contributed by atoms with Crippen molar-refractivity contribution in [2.45, 2.75) is 93.2 Å². The third-order valence-electron chi connectivity index (χ3n) is 14.6. The molecule has 0 aromatic heterocycles. The van der Waals surface area contributed by atoms with E-state index in [0.717, 1.165) is 59.8 Å². The van der Waals surface area contributed by atoms with Gasteiger partial charge in [-0.1, -0.05) is 246 Å². The van der Waals surface area contributed by atoms with Gasteiger partial charge in [-0.25, -0.2) is 4.79 Å². The molecular weight excluding hydrogens is 1050 g/mol. The van der Waals surface area contributed by atoms with Crippen molar-refractivity contribution in [2.75, 3.05) is 13.2 Å². The Bertz CT molecular complexity index is 3150. The maximum Gasteiger partial charge on any atom is 0.330 e. The van der Waals surface area contributed by atoms with E-state index in [2.05, 4.69) is 106 Å². The van der Waals surface area contributed by atoms with Gasteiger partial charge < -0.3 is 26.0 Å². The van der Waals surface area contributed by atoms with Gasteiger partial charge in [0, 0.05) is 18.2 Å². The molecular formula is C76H88N2O7. The second kappa shape index (κ2) is 36.3. The Labute approximate surface area is 506 Å². The summed E-state index contributed by atoms with van der Waals surface area (Å²) >= 11 is 0. The van der Waals surface area contributed by atoms with Crippen LogP contribution in [0.15, 0.2) is 228 Å². The molecule has 444 valence electrons. The molecule has 4 aliphatic rings. The highest BCUT2D eigenvalue weighted by Crippen LogP contribution is 2.46. The fourth-order valence-electron chi connectivity index (χ4n) is 9.43. The Morgan fingerprint density at radius 1 is 0.400 bits per heavy atom. The van der Waals surface area contributed by atoms with Crippen molar-refractivity contribution in [3.05, 3.63) is 261 Å². The molecule has 6 aromatic carbocycles. The SMILES string of the molecule is C/C(=C\c1ccccc1)C1CC1C(=O)O.C/C(=C\c1ccccc1)C1CC1N.C/C(=C\c1ccccc1)C1CC1N.C/C(C=O)=C\c1ccccc1.CCOC(=O)/C=C/C(C)=C/c1ccccc1.CCOC(=O)C1CC1/C(C)=C/c1ccccc1. The van der Waals surface area contributed by atoms with E-state index < -0.39 is 5.97 Å². The van der Waals surface area contributed by atoms with Crippen LogP contribution in [-0.2, 0) is 28.7 Å². The largest absolute Gasteiger partial charge is 0.481 e. The second-order valence-corrected chi connectivity index (χ2v) is 22.0. The number of aldehydes is 1. The first-order valence-corrected chi connectivity index (χ1v) is 29.6. The van der Waals surface area contributed by atoms with Crippen molar-refractivity contribution >= 4 is 60.7 Å². The van der Waals surface area contributed by atoms with Gasteiger partial charge >= 0.3 is 17.9 Å². The molecule has 85 heavy (non-hydrogen) atoms. The first kappa shape index (κ1) is 67.3. The van der Waals surface area contributed by atoms with Gasteiger partial charge in [0.15, 0.2) is 0 Å². The van der Waals surface area contributed by atoms with Crippen LogP contribution in [-0.4, -0.2) is 54.6 Å². The lowest BCUT2D eigenvalue weighted by molar-refractivity contribution is -0.145. The minimum absolute atomic E-state index is 0.0432. The fourth-order valence-corrected chi connectivity index (χ4v) is 9.43. The van der Waals surface area contributed by atoms with Gasteiger partial charge in [-0.05, 0) is 150 Å². The van der Waals surface area contributed by atoms with E-state index in [1.807, 2.05) is 154 Å². The summed E-state index contributed by atoms with van der Waals surface area (Å²) in [6, 6.07) is 61.6. The Balaban J connectivity index is 0.000000187. The number of carboxylic acid groups (broad SMARTS) is 1. The summed E-state index contributed by atoms with van der Waals surface area (Å²) in [6.07, 6.45) is 20.7. The van der Waals surface area contributed by atoms with Crippen LogP contribution >= 0.6 is 0 Å². The lowest BCUT2D eigenvalue weighted by atomic mass is 10.1. The molecule has 0 bridgehead atoms. The Hall–Kier alpha value is -8.50. The Morgan fingerprint density at radius 2 is 0.682 bits per heavy atom. The molecule has 0 spiro atoms. The average Bonchev–Trinajstić information content (AvgIpc) is 4.30. The molecule has 8 unspecified atom stereocenters. The van der Waals surface area contributed by atoms with Crippen molar-refractivity contribution in [3.63, 3.8) is 0 Å². The van der Waals surface area contributed by atoms with Crippen LogP contribution in [0.3, 0.4) is 0 Å². The van der Waals surface area contributed by atoms with Crippen LogP contribution in [0.2, 0.25) is 0 Å². The zero-order valence-corrected chi connectivity index (χ0v) is 50.9. The predicted octanol–water partition coefficient (Wildman–Crippen LogP) is 16.5. The van der Waals surface area contributed by atoms with Gasteiger partial charge in [-0.3, -0.25) is 14.4 Å². The van der Waals surface area contributed by atoms with Crippen molar-refractivity contribution in [2.24, 2.45) is 47.0 Å². The normalized spacial score (nSPS) is 21.1. The zero-order chi connectivity index (χ0) is 61.5. The number of benzene rings is 6. The third kappa shape index (κ3) is 26.3. The lowest BCUT2D eigenvalue weighted by Crippen LogP contribution is -2.07. The minimum atomic E-state index is -0.666. The number of carbonyl (C=O) groups is 4. The van der Waals surface area contributed by atoms with Crippen molar-refractivity contribution in [1.29, 1.82) is 0 Å². The number of ether oxygens (including phenoxy) is 2. The average molecular weight is 1140 g/mol. The van der Waals surface area contributed by atoms with Crippen LogP contribution < -0.4 is 11.5 Å². The van der Waals surface area contributed by atoms with Gasteiger partial charge in [-0.2, -0.15) is 0 Å². The maximum absolute atomic E-state index is 11.5. The van der Waals surface area contributed by atoms with E-state index >= 15 is 0 Å². The molecule has 0 saturated heterocycles. The molecule has 8 atom stereocenters. The molecule has 4 fully saturated rings. The molecule has 0 radical (unpaired) electrons. The second-order valence-electron chi connectivity index (χ2n) is 22.0. The van der Waals surface area contributed by atoms with E-state index in [1.54, 1.807) is 19.9 Å². The summed E-state index contributed by atoms with van der Waals surface area (Å²) in [6.45, 7) is 16.7.